The van der Waals surface area contributed by atoms with Crippen LogP contribution in [0, 0.1) is 0 Å². The molecule has 0 spiro atoms. The van der Waals surface area contributed by atoms with Crippen LogP contribution >= 0.6 is 0 Å². The van der Waals surface area contributed by atoms with Crippen molar-refractivity contribution in [2.24, 2.45) is 5.73 Å². The molecule has 0 aliphatic heterocycles. The van der Waals surface area contributed by atoms with Crippen LogP contribution in [0.25, 0.3) is 0 Å². The van der Waals surface area contributed by atoms with E-state index in [0.717, 1.165) is 12.2 Å². The van der Waals surface area contributed by atoms with Crippen LogP contribution in [0.4, 0.5) is 0 Å². The van der Waals surface area contributed by atoms with Gasteiger partial charge in [0.15, 0.2) is 0 Å². The van der Waals surface area contributed by atoms with Crippen LogP contribution in [0.15, 0.2) is 24.3 Å². The first-order valence-electron chi connectivity index (χ1n) is 7.83. The van der Waals surface area contributed by atoms with Crippen LogP contribution in [0.3, 0.4) is 0 Å². The van der Waals surface area contributed by atoms with Crippen molar-refractivity contribution in [1.82, 2.24) is 5.32 Å². The fraction of sp³-hybridized carbons (Fsp3) is 0.647. The van der Waals surface area contributed by atoms with Gasteiger partial charge in [-0.3, -0.25) is 0 Å². The Morgan fingerprint density at radius 2 is 1.95 bits per heavy atom. The number of hydrogen-bond donors (Lipinski definition) is 2. The third-order valence-electron chi connectivity index (χ3n) is 3.95. The third kappa shape index (κ3) is 4.22. The topological polar surface area (TPSA) is 47.3 Å². The molecule has 0 bridgehead atoms. The number of para-hydroxylation sites is 1. The molecule has 1 saturated carbocycles. The molecule has 0 aromatic heterocycles. The second-order valence-corrected chi connectivity index (χ2v) is 6.22. The highest BCUT2D eigenvalue weighted by Gasteiger charge is 2.22. The SMILES string of the molecule is CC(C)Oc1ccccc1C(C)NC1CCCC(N)C1. The van der Waals surface area contributed by atoms with Gasteiger partial charge in [-0.2, -0.15) is 0 Å². The molecule has 3 heteroatoms. The van der Waals surface area contributed by atoms with Crippen molar-refractivity contribution in [2.75, 3.05) is 0 Å². The molecule has 3 atom stereocenters. The molecular formula is C17H28N2O. The number of nitrogens with two attached hydrogens (primary N) is 1. The van der Waals surface area contributed by atoms with E-state index in [1.54, 1.807) is 0 Å². The molecule has 3 nitrogen and oxygen atoms in total. The predicted octanol–water partition coefficient (Wildman–Crippen LogP) is 3.39. The molecule has 2 rings (SSSR count). The van der Waals surface area contributed by atoms with Gasteiger partial charge in [0.1, 0.15) is 5.75 Å². The Balaban J connectivity index is 2.02. The quantitative estimate of drug-likeness (QED) is 0.866. The monoisotopic (exact) mass is 276 g/mol. The Morgan fingerprint density at radius 3 is 2.65 bits per heavy atom. The minimum absolute atomic E-state index is 0.200. The summed E-state index contributed by atoms with van der Waals surface area (Å²) >= 11 is 0. The van der Waals surface area contributed by atoms with E-state index in [-0.39, 0.29) is 6.10 Å². The lowest BCUT2D eigenvalue weighted by molar-refractivity contribution is 0.236. The number of rotatable bonds is 5. The summed E-state index contributed by atoms with van der Waals surface area (Å²) in [6.45, 7) is 6.34. The maximum absolute atomic E-state index is 6.07. The smallest absolute Gasteiger partial charge is 0.124 e. The van der Waals surface area contributed by atoms with Crippen molar-refractivity contribution in [2.45, 2.75) is 70.7 Å². The van der Waals surface area contributed by atoms with E-state index in [9.17, 15) is 0 Å². The van der Waals surface area contributed by atoms with Crippen LogP contribution in [0.1, 0.15) is 58.1 Å². The van der Waals surface area contributed by atoms with Crippen LogP contribution in [0.5, 0.6) is 5.75 Å². The standard InChI is InChI=1S/C17H28N2O/c1-12(2)20-17-10-5-4-9-16(17)13(3)19-15-8-6-7-14(18)11-15/h4-5,9-10,12-15,19H,6-8,11,18H2,1-3H3. The van der Waals surface area contributed by atoms with Gasteiger partial charge in [-0.15, -0.1) is 0 Å². The van der Waals surface area contributed by atoms with E-state index in [1.165, 1.54) is 24.8 Å². The van der Waals surface area contributed by atoms with E-state index >= 15 is 0 Å². The van der Waals surface area contributed by atoms with Gasteiger partial charge in [-0.05, 0) is 46.1 Å². The average Bonchev–Trinajstić information content (AvgIpc) is 2.38. The molecule has 0 amide bonds. The molecule has 1 aliphatic rings. The van der Waals surface area contributed by atoms with Crippen molar-refractivity contribution >= 4 is 0 Å². The van der Waals surface area contributed by atoms with Crippen molar-refractivity contribution in [3.8, 4) is 5.75 Å². The molecule has 1 aromatic rings. The molecule has 0 saturated heterocycles. The largest absolute Gasteiger partial charge is 0.491 e. The van der Waals surface area contributed by atoms with Crippen molar-refractivity contribution in [3.05, 3.63) is 29.8 Å². The summed E-state index contributed by atoms with van der Waals surface area (Å²) in [7, 11) is 0. The summed E-state index contributed by atoms with van der Waals surface area (Å²) in [5.41, 5.74) is 7.31. The summed E-state index contributed by atoms with van der Waals surface area (Å²) in [4.78, 5) is 0. The molecule has 0 heterocycles. The highest BCUT2D eigenvalue weighted by atomic mass is 16.5. The summed E-state index contributed by atoms with van der Waals surface area (Å²) in [5.74, 6) is 0.989. The zero-order valence-corrected chi connectivity index (χ0v) is 12.9. The first-order chi connectivity index (χ1) is 9.56. The van der Waals surface area contributed by atoms with Gasteiger partial charge in [0.25, 0.3) is 0 Å². The number of ether oxygens (including phenoxy) is 1. The van der Waals surface area contributed by atoms with Crippen LogP contribution in [-0.2, 0) is 0 Å². The van der Waals surface area contributed by atoms with Crippen molar-refractivity contribution < 1.29 is 4.74 Å². The Hall–Kier alpha value is -1.06. The lowest BCUT2D eigenvalue weighted by atomic mass is 9.90. The fourth-order valence-electron chi connectivity index (χ4n) is 3.02. The molecule has 1 fully saturated rings. The Kier molecular flexibility index (Phi) is 5.44. The molecule has 3 N–H and O–H groups in total. The first-order valence-corrected chi connectivity index (χ1v) is 7.83. The van der Waals surface area contributed by atoms with Gasteiger partial charge in [0.2, 0.25) is 0 Å². The van der Waals surface area contributed by atoms with Gasteiger partial charge in [0, 0.05) is 23.7 Å². The van der Waals surface area contributed by atoms with E-state index in [2.05, 4.69) is 44.3 Å². The maximum atomic E-state index is 6.07. The minimum atomic E-state index is 0.200. The highest BCUT2D eigenvalue weighted by Crippen LogP contribution is 2.28. The normalized spacial score (nSPS) is 24.6. The van der Waals surface area contributed by atoms with Crippen molar-refractivity contribution in [3.63, 3.8) is 0 Å². The van der Waals surface area contributed by atoms with Gasteiger partial charge in [-0.25, -0.2) is 0 Å². The number of hydrogen-bond acceptors (Lipinski definition) is 3. The van der Waals surface area contributed by atoms with E-state index in [0.29, 0.717) is 18.1 Å². The van der Waals surface area contributed by atoms with Crippen LogP contribution in [0.2, 0.25) is 0 Å². The zero-order chi connectivity index (χ0) is 14.5. The first kappa shape index (κ1) is 15.3. The van der Waals surface area contributed by atoms with Gasteiger partial charge in [-0.1, -0.05) is 24.6 Å². The Labute approximate surface area is 122 Å². The van der Waals surface area contributed by atoms with Crippen LogP contribution < -0.4 is 15.8 Å². The van der Waals surface area contributed by atoms with E-state index < -0.39 is 0 Å². The Bertz CT molecular complexity index is 419. The molecule has 112 valence electrons. The van der Waals surface area contributed by atoms with Gasteiger partial charge < -0.3 is 15.8 Å². The average molecular weight is 276 g/mol. The summed E-state index contributed by atoms with van der Waals surface area (Å²) in [6.07, 6.45) is 4.91. The molecule has 20 heavy (non-hydrogen) atoms. The summed E-state index contributed by atoms with van der Waals surface area (Å²) in [6, 6.07) is 9.49. The molecule has 1 aromatic carbocycles. The number of benzene rings is 1. The zero-order valence-electron chi connectivity index (χ0n) is 12.9. The van der Waals surface area contributed by atoms with E-state index in [4.69, 9.17) is 10.5 Å². The second-order valence-electron chi connectivity index (χ2n) is 6.22. The minimum Gasteiger partial charge on any atom is -0.491 e. The van der Waals surface area contributed by atoms with Gasteiger partial charge in [0.05, 0.1) is 6.10 Å². The third-order valence-corrected chi connectivity index (χ3v) is 3.95. The van der Waals surface area contributed by atoms with Crippen molar-refractivity contribution in [1.29, 1.82) is 0 Å². The summed E-state index contributed by atoms with van der Waals surface area (Å²) < 4.78 is 5.91. The number of nitrogens with one attached hydrogen (secondary N) is 1. The Morgan fingerprint density at radius 1 is 1.20 bits per heavy atom. The molecule has 3 unspecified atom stereocenters. The molecular weight excluding hydrogens is 248 g/mol. The second kappa shape index (κ2) is 7.09. The lowest BCUT2D eigenvalue weighted by Gasteiger charge is -2.31. The lowest BCUT2D eigenvalue weighted by Crippen LogP contribution is -2.40. The van der Waals surface area contributed by atoms with Gasteiger partial charge >= 0.3 is 0 Å². The fourth-order valence-corrected chi connectivity index (χ4v) is 3.02. The van der Waals surface area contributed by atoms with Crippen LogP contribution in [-0.4, -0.2) is 18.2 Å². The highest BCUT2D eigenvalue weighted by molar-refractivity contribution is 5.35. The summed E-state index contributed by atoms with van der Waals surface area (Å²) in [5, 5.41) is 3.72. The molecule has 0 radical (unpaired) electrons. The van der Waals surface area contributed by atoms with E-state index in [1.807, 2.05) is 6.07 Å². The molecule has 1 aliphatic carbocycles. The maximum Gasteiger partial charge on any atom is 0.124 e. The predicted molar refractivity (Wildman–Crippen MR) is 84.0 cm³/mol.